The summed E-state index contributed by atoms with van der Waals surface area (Å²) in [6.07, 6.45) is 0. The largest absolute Gasteiger partial charge is 0.870 e. The number of aromatic nitrogens is 1. The summed E-state index contributed by atoms with van der Waals surface area (Å²) in [6, 6.07) is 17.6. The monoisotopic (exact) mass is 348 g/mol. The van der Waals surface area contributed by atoms with Crippen LogP contribution >= 0.6 is 11.6 Å². The molecule has 4 rings (SSSR count). The second-order valence-electron chi connectivity index (χ2n) is 5.66. The predicted octanol–water partition coefficient (Wildman–Crippen LogP) is 4.48. The average Bonchev–Trinajstić information content (AvgIpc) is 2.61. The van der Waals surface area contributed by atoms with Gasteiger partial charge in [-0.3, -0.25) is 0 Å². The number of rotatable bonds is 2. The van der Waals surface area contributed by atoms with Gasteiger partial charge < -0.3 is 10.2 Å². The van der Waals surface area contributed by atoms with Gasteiger partial charge in [-0.05, 0) is 23.1 Å². The normalized spacial score (nSPS) is 11.1. The van der Waals surface area contributed by atoms with Crippen molar-refractivity contribution in [1.29, 1.82) is 0 Å². The molecule has 0 saturated carbocycles. The first-order chi connectivity index (χ1) is 12.1. The third-order valence-electron chi connectivity index (χ3n) is 4.17. The summed E-state index contributed by atoms with van der Waals surface area (Å²) in [5, 5.41) is 25.0. The fraction of sp³-hybridized carbons (Fsp3) is 0. The molecule has 0 fully saturated rings. The Labute approximate surface area is 147 Å². The van der Waals surface area contributed by atoms with E-state index in [1.165, 1.54) is 0 Å². The minimum atomic E-state index is -1.26. The molecule has 0 radical (unpaired) electrons. The highest BCUT2D eigenvalue weighted by Crippen LogP contribution is 2.36. The Bertz CT molecular complexity index is 1140. The molecule has 1 aromatic heterocycles. The predicted molar refractivity (Wildman–Crippen MR) is 96.1 cm³/mol. The van der Waals surface area contributed by atoms with Crippen molar-refractivity contribution in [3.05, 3.63) is 71.2 Å². The van der Waals surface area contributed by atoms with Crippen molar-refractivity contribution in [2.45, 2.75) is 0 Å². The molecule has 1 N–H and O–H groups in total. The minimum absolute atomic E-state index is 0.109. The van der Waals surface area contributed by atoms with Gasteiger partial charge in [0.25, 0.3) is 0 Å². The van der Waals surface area contributed by atoms with Crippen LogP contribution in [-0.2, 0) is 0 Å². The zero-order chi connectivity index (χ0) is 17.6. The Balaban J connectivity index is 2.16. The summed E-state index contributed by atoms with van der Waals surface area (Å²) in [5.41, 5.74) is 0.880. The molecule has 0 bridgehead atoms. The smallest absolute Gasteiger partial charge is 0.335 e. The van der Waals surface area contributed by atoms with E-state index in [0.29, 0.717) is 21.5 Å². The van der Waals surface area contributed by atoms with Crippen LogP contribution in [0.1, 0.15) is 10.4 Å². The number of carboxylic acids is 1. The van der Waals surface area contributed by atoms with Gasteiger partial charge in [0.15, 0.2) is 0 Å². The third kappa shape index (κ3) is 2.47. The van der Waals surface area contributed by atoms with E-state index in [1.807, 2.05) is 24.3 Å². The SMILES string of the molecule is O=C(O)c1c([O-])c(-c2ccc(Cl)cc2)nc2c1ccc1ccccc12. The van der Waals surface area contributed by atoms with Gasteiger partial charge in [-0.2, -0.15) is 0 Å². The molecule has 0 atom stereocenters. The van der Waals surface area contributed by atoms with E-state index in [2.05, 4.69) is 4.98 Å². The van der Waals surface area contributed by atoms with E-state index in [4.69, 9.17) is 11.6 Å². The van der Waals surface area contributed by atoms with Crippen molar-refractivity contribution in [3.8, 4) is 17.0 Å². The summed E-state index contributed by atoms with van der Waals surface area (Å²) < 4.78 is 0. The Morgan fingerprint density at radius 1 is 0.960 bits per heavy atom. The van der Waals surface area contributed by atoms with E-state index >= 15 is 0 Å². The van der Waals surface area contributed by atoms with Crippen molar-refractivity contribution in [2.24, 2.45) is 0 Å². The molecule has 25 heavy (non-hydrogen) atoms. The molecule has 0 aliphatic carbocycles. The highest BCUT2D eigenvalue weighted by Gasteiger charge is 2.17. The summed E-state index contributed by atoms with van der Waals surface area (Å²) in [5.74, 6) is -1.86. The number of hydrogen-bond acceptors (Lipinski definition) is 3. The molecule has 4 nitrogen and oxygen atoms in total. The molecule has 0 unspecified atom stereocenters. The summed E-state index contributed by atoms with van der Waals surface area (Å²) in [4.78, 5) is 16.3. The number of hydrogen-bond donors (Lipinski definition) is 1. The van der Waals surface area contributed by atoms with Crippen LogP contribution in [0.4, 0.5) is 0 Å². The maximum atomic E-state index is 12.8. The molecule has 0 spiro atoms. The van der Waals surface area contributed by atoms with Gasteiger partial charge in [0, 0.05) is 15.8 Å². The number of carbonyl (C=O) groups is 1. The lowest BCUT2D eigenvalue weighted by Gasteiger charge is -2.19. The molecule has 0 saturated heterocycles. The molecule has 1 heterocycles. The van der Waals surface area contributed by atoms with E-state index in [-0.39, 0.29) is 11.3 Å². The Kier molecular flexibility index (Phi) is 3.55. The minimum Gasteiger partial charge on any atom is -0.870 e. The maximum absolute atomic E-state index is 12.8. The van der Waals surface area contributed by atoms with Crippen LogP contribution in [-0.4, -0.2) is 16.1 Å². The summed E-state index contributed by atoms with van der Waals surface area (Å²) in [7, 11) is 0. The first-order valence-corrected chi connectivity index (χ1v) is 7.96. The second-order valence-corrected chi connectivity index (χ2v) is 6.10. The van der Waals surface area contributed by atoms with Crippen molar-refractivity contribution < 1.29 is 15.0 Å². The standard InChI is InChI=1S/C20H12ClNO3/c21-13-8-5-12(6-9-13)17-19(23)16(20(24)25)15-10-7-11-3-1-2-4-14(11)18(15)22-17/h1-10,23H,(H,24,25)/p-1. The van der Waals surface area contributed by atoms with Gasteiger partial charge >= 0.3 is 5.97 Å². The topological polar surface area (TPSA) is 73.2 Å². The fourth-order valence-electron chi connectivity index (χ4n) is 3.00. The number of carboxylic acid groups (broad SMARTS) is 1. The second kappa shape index (κ2) is 5.76. The number of nitrogens with zero attached hydrogens (tertiary/aromatic N) is 1. The van der Waals surface area contributed by atoms with Crippen LogP contribution < -0.4 is 5.11 Å². The molecular weight excluding hydrogens is 338 g/mol. The Morgan fingerprint density at radius 2 is 1.68 bits per heavy atom. The van der Waals surface area contributed by atoms with Crippen LogP contribution in [0.5, 0.6) is 5.75 Å². The number of fused-ring (bicyclic) bond motifs is 3. The number of pyridine rings is 1. The molecular formula is C20H11ClNO3-. The van der Waals surface area contributed by atoms with E-state index in [1.54, 1.807) is 36.4 Å². The van der Waals surface area contributed by atoms with Gasteiger partial charge in [-0.1, -0.05) is 65.9 Å². The van der Waals surface area contributed by atoms with Gasteiger partial charge in [0.2, 0.25) is 0 Å². The fourth-order valence-corrected chi connectivity index (χ4v) is 3.12. The van der Waals surface area contributed by atoms with Gasteiger partial charge in [0.1, 0.15) is 0 Å². The first-order valence-electron chi connectivity index (χ1n) is 7.58. The Hall–Kier alpha value is -3.11. The molecule has 3 aromatic carbocycles. The summed E-state index contributed by atoms with van der Waals surface area (Å²) >= 11 is 5.90. The zero-order valence-corrected chi connectivity index (χ0v) is 13.6. The lowest BCUT2D eigenvalue weighted by Crippen LogP contribution is -2.08. The van der Waals surface area contributed by atoms with E-state index in [9.17, 15) is 15.0 Å². The lowest BCUT2D eigenvalue weighted by molar-refractivity contribution is -0.268. The highest BCUT2D eigenvalue weighted by molar-refractivity contribution is 6.30. The highest BCUT2D eigenvalue weighted by atomic mass is 35.5. The van der Waals surface area contributed by atoms with Crippen molar-refractivity contribution >= 4 is 39.2 Å². The Morgan fingerprint density at radius 3 is 2.40 bits per heavy atom. The molecule has 4 aromatic rings. The molecule has 122 valence electrons. The molecule has 5 heteroatoms. The molecule has 0 amide bonds. The van der Waals surface area contributed by atoms with Crippen LogP contribution in [0.15, 0.2) is 60.7 Å². The number of aromatic carboxylic acids is 1. The van der Waals surface area contributed by atoms with Crippen molar-refractivity contribution in [3.63, 3.8) is 0 Å². The summed E-state index contributed by atoms with van der Waals surface area (Å²) in [6.45, 7) is 0. The zero-order valence-electron chi connectivity index (χ0n) is 12.9. The van der Waals surface area contributed by atoms with Crippen molar-refractivity contribution in [1.82, 2.24) is 4.98 Å². The number of halogens is 1. The first kappa shape index (κ1) is 15.4. The van der Waals surface area contributed by atoms with E-state index in [0.717, 1.165) is 10.8 Å². The third-order valence-corrected chi connectivity index (χ3v) is 4.42. The van der Waals surface area contributed by atoms with Crippen LogP contribution in [0.2, 0.25) is 5.02 Å². The molecule has 0 aliphatic rings. The lowest BCUT2D eigenvalue weighted by atomic mass is 9.99. The van der Waals surface area contributed by atoms with Crippen LogP contribution in [0, 0.1) is 0 Å². The quantitative estimate of drug-likeness (QED) is 0.542. The van der Waals surface area contributed by atoms with Gasteiger partial charge in [-0.15, -0.1) is 0 Å². The average molecular weight is 349 g/mol. The molecule has 0 aliphatic heterocycles. The van der Waals surface area contributed by atoms with Gasteiger partial charge in [-0.25, -0.2) is 9.78 Å². The van der Waals surface area contributed by atoms with Crippen molar-refractivity contribution in [2.75, 3.05) is 0 Å². The van der Waals surface area contributed by atoms with Crippen LogP contribution in [0.3, 0.4) is 0 Å². The van der Waals surface area contributed by atoms with E-state index < -0.39 is 11.7 Å². The number of benzene rings is 3. The van der Waals surface area contributed by atoms with Gasteiger partial charge in [0.05, 0.1) is 16.8 Å². The van der Waals surface area contributed by atoms with Crippen LogP contribution in [0.25, 0.3) is 32.9 Å². The maximum Gasteiger partial charge on any atom is 0.335 e.